The first-order valence-electron chi connectivity index (χ1n) is 11.6. The molecule has 2 aromatic carbocycles. The summed E-state index contributed by atoms with van der Waals surface area (Å²) in [5, 5.41) is 20.6. The molecule has 1 aromatic heterocycles. The number of benzene rings is 2. The predicted molar refractivity (Wildman–Crippen MR) is 147 cm³/mol. The number of carbonyl (C=O) groups is 1. The molecule has 4 rings (SSSR count). The summed E-state index contributed by atoms with van der Waals surface area (Å²) >= 11 is 7.10. The van der Waals surface area contributed by atoms with E-state index >= 15 is 0 Å². The van der Waals surface area contributed by atoms with E-state index in [1.807, 2.05) is 26.2 Å². The fourth-order valence-corrected chi connectivity index (χ4v) is 5.33. The number of nitrogens with one attached hydrogen (secondary N) is 2. The van der Waals surface area contributed by atoms with Crippen LogP contribution in [0.1, 0.15) is 39.8 Å². The van der Waals surface area contributed by atoms with Gasteiger partial charge < -0.3 is 20.4 Å². The van der Waals surface area contributed by atoms with Crippen molar-refractivity contribution in [2.45, 2.75) is 25.3 Å². The van der Waals surface area contributed by atoms with Crippen molar-refractivity contribution < 1.29 is 9.72 Å². The number of hydrogen-bond donors (Lipinski definition) is 2. The van der Waals surface area contributed by atoms with Gasteiger partial charge in [0.05, 0.1) is 9.93 Å². The van der Waals surface area contributed by atoms with Crippen molar-refractivity contribution in [3.63, 3.8) is 0 Å². The molecule has 1 amide bonds. The summed E-state index contributed by atoms with van der Waals surface area (Å²) in [4.78, 5) is 32.1. The largest absolute Gasteiger partial charge is 0.378 e. The Balaban J connectivity index is 1.28. The van der Waals surface area contributed by atoms with Gasteiger partial charge in [-0.15, -0.1) is 11.3 Å². The van der Waals surface area contributed by atoms with Gasteiger partial charge in [0.25, 0.3) is 11.6 Å². The van der Waals surface area contributed by atoms with Crippen molar-refractivity contribution in [3.05, 3.63) is 80.3 Å². The second kappa shape index (κ2) is 11.4. The molecule has 1 aliphatic heterocycles. The maximum atomic E-state index is 12.6. The zero-order chi connectivity index (χ0) is 25.7. The number of rotatable bonds is 7. The molecule has 0 atom stereocenters. The SMILES string of the molecule is CN(C)c1ccc(NC(=S)N2CCC(c3nc(C(=O)NCc4ccccc4[N+](=O)[O-])cs3)CC2)cc1. The summed E-state index contributed by atoms with van der Waals surface area (Å²) in [5.41, 5.74) is 2.88. The van der Waals surface area contributed by atoms with E-state index in [4.69, 9.17) is 12.2 Å². The maximum Gasteiger partial charge on any atom is 0.274 e. The number of nitro groups is 1. The second-order valence-electron chi connectivity index (χ2n) is 8.77. The minimum atomic E-state index is -0.448. The van der Waals surface area contributed by atoms with E-state index in [2.05, 4.69) is 37.6 Å². The van der Waals surface area contributed by atoms with E-state index in [-0.39, 0.29) is 24.1 Å². The predicted octanol–water partition coefficient (Wildman–Crippen LogP) is 4.62. The summed E-state index contributed by atoms with van der Waals surface area (Å²) < 4.78 is 0. The fraction of sp³-hybridized carbons (Fsp3) is 0.320. The molecule has 3 aromatic rings. The van der Waals surface area contributed by atoms with E-state index in [0.29, 0.717) is 16.4 Å². The third-order valence-electron chi connectivity index (χ3n) is 6.15. The molecule has 1 fully saturated rings. The van der Waals surface area contributed by atoms with Gasteiger partial charge in [0.15, 0.2) is 5.11 Å². The standard InChI is InChI=1S/C25H28N6O3S2/c1-29(2)20-9-7-19(8-10-20)27-25(35)30-13-11-17(12-14-30)24-28-21(16-36-24)23(32)26-15-18-5-3-4-6-22(18)31(33)34/h3-10,16-17H,11-15H2,1-2H3,(H,26,32)(H,27,35). The fourth-order valence-electron chi connectivity index (χ4n) is 4.06. The lowest BCUT2D eigenvalue weighted by Gasteiger charge is -2.33. The van der Waals surface area contributed by atoms with Crippen molar-refractivity contribution in [2.24, 2.45) is 0 Å². The number of para-hydroxylation sites is 1. The van der Waals surface area contributed by atoms with Gasteiger partial charge in [-0.25, -0.2) is 4.98 Å². The average molecular weight is 525 g/mol. The van der Waals surface area contributed by atoms with E-state index in [1.165, 1.54) is 17.4 Å². The molecule has 0 bridgehead atoms. The van der Waals surface area contributed by atoms with Crippen molar-refractivity contribution >= 4 is 51.6 Å². The van der Waals surface area contributed by atoms with Gasteiger partial charge in [-0.1, -0.05) is 18.2 Å². The second-order valence-corrected chi connectivity index (χ2v) is 10.0. The number of nitrogens with zero attached hydrogens (tertiary/aromatic N) is 4. The smallest absolute Gasteiger partial charge is 0.274 e. The van der Waals surface area contributed by atoms with Crippen LogP contribution in [-0.2, 0) is 6.54 Å². The third kappa shape index (κ3) is 6.16. The highest BCUT2D eigenvalue weighted by molar-refractivity contribution is 7.80. The zero-order valence-electron chi connectivity index (χ0n) is 20.1. The topological polar surface area (TPSA) is 104 Å². The van der Waals surface area contributed by atoms with Crippen molar-refractivity contribution in [2.75, 3.05) is 37.4 Å². The lowest BCUT2D eigenvalue weighted by molar-refractivity contribution is -0.385. The van der Waals surface area contributed by atoms with E-state index in [0.717, 1.165) is 42.3 Å². The molecule has 2 N–H and O–H groups in total. The van der Waals surface area contributed by atoms with Crippen LogP contribution in [0.5, 0.6) is 0 Å². The molecule has 0 unspecified atom stereocenters. The zero-order valence-corrected chi connectivity index (χ0v) is 21.8. The Bertz CT molecular complexity index is 1240. The molecule has 0 aliphatic carbocycles. The van der Waals surface area contributed by atoms with Crippen LogP contribution >= 0.6 is 23.6 Å². The van der Waals surface area contributed by atoms with Crippen molar-refractivity contribution in [1.82, 2.24) is 15.2 Å². The summed E-state index contributed by atoms with van der Waals surface area (Å²) in [6.07, 6.45) is 1.79. The normalized spacial score (nSPS) is 13.8. The number of amides is 1. The Morgan fingerprint density at radius 2 is 1.89 bits per heavy atom. The van der Waals surface area contributed by atoms with Gasteiger partial charge in [0.1, 0.15) is 5.69 Å². The lowest BCUT2D eigenvalue weighted by atomic mass is 9.98. The van der Waals surface area contributed by atoms with Gasteiger partial charge in [-0.3, -0.25) is 14.9 Å². The van der Waals surface area contributed by atoms with Crippen molar-refractivity contribution in [3.8, 4) is 0 Å². The molecule has 2 heterocycles. The Labute approximate surface area is 219 Å². The van der Waals surface area contributed by atoms with Gasteiger partial charge in [-0.2, -0.15) is 0 Å². The Kier molecular flexibility index (Phi) is 8.11. The number of aromatic nitrogens is 1. The Hall–Kier alpha value is -3.57. The number of hydrogen-bond acceptors (Lipinski definition) is 7. The summed E-state index contributed by atoms with van der Waals surface area (Å²) in [7, 11) is 4.02. The number of thiocarbonyl (C=S) groups is 1. The van der Waals surface area contributed by atoms with Gasteiger partial charge in [-0.05, 0) is 49.3 Å². The quantitative estimate of drug-likeness (QED) is 0.262. The van der Waals surface area contributed by atoms with Crippen LogP contribution in [0.15, 0.2) is 53.9 Å². The molecule has 1 aliphatic rings. The van der Waals surface area contributed by atoms with Gasteiger partial charge in [0, 0.05) is 68.0 Å². The molecule has 188 valence electrons. The number of nitro benzene ring substituents is 1. The molecule has 36 heavy (non-hydrogen) atoms. The van der Waals surface area contributed by atoms with Crippen LogP contribution in [0.3, 0.4) is 0 Å². The minimum absolute atomic E-state index is 0.0125. The lowest BCUT2D eigenvalue weighted by Crippen LogP contribution is -2.40. The molecule has 11 heteroatoms. The maximum absolute atomic E-state index is 12.6. The minimum Gasteiger partial charge on any atom is -0.378 e. The molecule has 1 saturated heterocycles. The van der Waals surface area contributed by atoms with Gasteiger partial charge >= 0.3 is 0 Å². The van der Waals surface area contributed by atoms with E-state index in [1.54, 1.807) is 23.6 Å². The monoisotopic (exact) mass is 524 g/mol. The molecule has 9 nitrogen and oxygen atoms in total. The number of anilines is 2. The number of thiazole rings is 1. The summed E-state index contributed by atoms with van der Waals surface area (Å²) in [6.45, 7) is 1.69. The molecular formula is C25H28N6O3S2. The first kappa shape index (κ1) is 25.5. The summed E-state index contributed by atoms with van der Waals surface area (Å²) in [5.74, 6) is -0.0658. The molecule has 0 radical (unpaired) electrons. The molecular weight excluding hydrogens is 496 g/mol. The highest BCUT2D eigenvalue weighted by Gasteiger charge is 2.25. The van der Waals surface area contributed by atoms with Crippen LogP contribution in [0, 0.1) is 10.1 Å². The van der Waals surface area contributed by atoms with Crippen LogP contribution in [0.25, 0.3) is 0 Å². The Morgan fingerprint density at radius 1 is 1.19 bits per heavy atom. The highest BCUT2D eigenvalue weighted by atomic mass is 32.1. The molecule has 0 spiro atoms. The van der Waals surface area contributed by atoms with Crippen LogP contribution < -0.4 is 15.5 Å². The third-order valence-corrected chi connectivity index (χ3v) is 7.52. The number of likely N-dealkylation sites (tertiary alicyclic amines) is 1. The van der Waals surface area contributed by atoms with Crippen LogP contribution in [0.4, 0.5) is 17.1 Å². The van der Waals surface area contributed by atoms with Crippen LogP contribution in [-0.4, -0.2) is 53.0 Å². The van der Waals surface area contributed by atoms with Crippen LogP contribution in [0.2, 0.25) is 0 Å². The average Bonchev–Trinajstić information content (AvgIpc) is 3.38. The Morgan fingerprint density at radius 3 is 2.56 bits per heavy atom. The first-order valence-corrected chi connectivity index (χ1v) is 12.9. The van der Waals surface area contributed by atoms with E-state index in [9.17, 15) is 14.9 Å². The van der Waals surface area contributed by atoms with Crippen molar-refractivity contribution in [1.29, 1.82) is 0 Å². The number of piperidine rings is 1. The molecule has 0 saturated carbocycles. The number of carbonyl (C=O) groups excluding carboxylic acids is 1. The van der Waals surface area contributed by atoms with Gasteiger partial charge in [0.2, 0.25) is 0 Å². The first-order chi connectivity index (χ1) is 17.3. The summed E-state index contributed by atoms with van der Waals surface area (Å²) in [6, 6.07) is 14.5. The highest BCUT2D eigenvalue weighted by Crippen LogP contribution is 2.31. The van der Waals surface area contributed by atoms with E-state index < -0.39 is 4.92 Å².